The van der Waals surface area contributed by atoms with E-state index < -0.39 is 0 Å². The van der Waals surface area contributed by atoms with Crippen LogP contribution in [0.5, 0.6) is 0 Å². The third kappa shape index (κ3) is 5.06. The maximum atomic E-state index is 8.88. The van der Waals surface area contributed by atoms with Crippen LogP contribution in [0.4, 0.5) is 0 Å². The highest BCUT2D eigenvalue weighted by molar-refractivity contribution is 5.32. The van der Waals surface area contributed by atoms with Gasteiger partial charge in [0.2, 0.25) is 0 Å². The van der Waals surface area contributed by atoms with Crippen LogP contribution in [0.3, 0.4) is 0 Å². The van der Waals surface area contributed by atoms with Crippen molar-refractivity contribution >= 4 is 0 Å². The summed E-state index contributed by atoms with van der Waals surface area (Å²) in [4.78, 5) is 0. The van der Waals surface area contributed by atoms with Gasteiger partial charge in [-0.25, -0.2) is 0 Å². The molecule has 1 aromatic carbocycles. The zero-order valence-corrected chi connectivity index (χ0v) is 15.5. The van der Waals surface area contributed by atoms with Crippen LogP contribution in [0.15, 0.2) is 24.3 Å². The van der Waals surface area contributed by atoms with Crippen molar-refractivity contribution in [2.45, 2.75) is 64.6 Å². The van der Waals surface area contributed by atoms with Crippen molar-refractivity contribution in [1.29, 1.82) is 5.26 Å². The van der Waals surface area contributed by atoms with Gasteiger partial charge in [-0.1, -0.05) is 57.6 Å². The van der Waals surface area contributed by atoms with Gasteiger partial charge in [-0.15, -0.1) is 0 Å². The van der Waals surface area contributed by atoms with Crippen LogP contribution in [0.1, 0.15) is 75.7 Å². The highest BCUT2D eigenvalue weighted by Gasteiger charge is 2.32. The van der Waals surface area contributed by atoms with Gasteiger partial charge in [-0.3, -0.25) is 0 Å². The molecule has 0 N–H and O–H groups in total. The topological polar surface area (TPSA) is 42.2 Å². The molecule has 3 nitrogen and oxygen atoms in total. The second kappa shape index (κ2) is 9.36. The van der Waals surface area contributed by atoms with E-state index in [4.69, 9.17) is 14.7 Å². The number of nitrogens with zero attached hydrogens (tertiary/aromatic N) is 1. The summed E-state index contributed by atoms with van der Waals surface area (Å²) in [5, 5.41) is 8.88. The highest BCUT2D eigenvalue weighted by Crippen LogP contribution is 2.38. The minimum Gasteiger partial charge on any atom is -0.348 e. The fourth-order valence-corrected chi connectivity index (χ4v) is 4.33. The van der Waals surface area contributed by atoms with Crippen molar-refractivity contribution in [2.24, 2.45) is 17.8 Å². The number of rotatable bonds is 6. The fourth-order valence-electron chi connectivity index (χ4n) is 4.33. The minimum absolute atomic E-state index is 0.269. The van der Waals surface area contributed by atoms with E-state index in [1.165, 1.54) is 51.4 Å². The average molecular weight is 341 g/mol. The summed E-state index contributed by atoms with van der Waals surface area (Å²) >= 11 is 0. The predicted molar refractivity (Wildman–Crippen MR) is 98.9 cm³/mol. The van der Waals surface area contributed by atoms with E-state index in [1.807, 2.05) is 24.3 Å². The third-order valence-electron chi connectivity index (χ3n) is 6.01. The van der Waals surface area contributed by atoms with E-state index in [9.17, 15) is 0 Å². The molecule has 1 aliphatic carbocycles. The maximum Gasteiger partial charge on any atom is 0.183 e. The second-order valence-electron chi connectivity index (χ2n) is 7.77. The highest BCUT2D eigenvalue weighted by atomic mass is 16.7. The molecule has 1 aliphatic heterocycles. The molecule has 1 heterocycles. The molecule has 3 heteroatoms. The first kappa shape index (κ1) is 18.4. The summed E-state index contributed by atoms with van der Waals surface area (Å²) in [6.07, 6.45) is 10.8. The van der Waals surface area contributed by atoms with Crippen LogP contribution in [0.2, 0.25) is 0 Å². The lowest BCUT2D eigenvalue weighted by atomic mass is 9.74. The Kier molecular flexibility index (Phi) is 6.90. The molecule has 0 amide bonds. The van der Waals surface area contributed by atoms with Crippen LogP contribution in [0, 0.1) is 29.1 Å². The van der Waals surface area contributed by atoms with Crippen molar-refractivity contribution in [1.82, 2.24) is 0 Å². The van der Waals surface area contributed by atoms with E-state index in [-0.39, 0.29) is 6.29 Å². The van der Waals surface area contributed by atoms with Crippen LogP contribution < -0.4 is 0 Å². The first-order valence-corrected chi connectivity index (χ1v) is 10.0. The molecular formula is C22H31NO2. The smallest absolute Gasteiger partial charge is 0.183 e. The van der Waals surface area contributed by atoms with E-state index in [0.29, 0.717) is 11.5 Å². The summed E-state index contributed by atoms with van der Waals surface area (Å²) in [6.45, 7) is 3.89. The third-order valence-corrected chi connectivity index (χ3v) is 6.01. The molecule has 25 heavy (non-hydrogen) atoms. The molecule has 2 aliphatic rings. The minimum atomic E-state index is -0.269. The van der Waals surface area contributed by atoms with Gasteiger partial charge in [0.15, 0.2) is 6.29 Å². The van der Waals surface area contributed by atoms with Gasteiger partial charge in [0, 0.05) is 11.5 Å². The predicted octanol–water partition coefficient (Wildman–Crippen LogP) is 5.61. The zero-order valence-electron chi connectivity index (χ0n) is 15.5. The Labute approximate surface area is 152 Å². The lowest BCUT2D eigenvalue weighted by Crippen LogP contribution is -2.34. The number of nitriles is 1. The van der Waals surface area contributed by atoms with Gasteiger partial charge < -0.3 is 9.47 Å². The SMILES string of the molecule is CCCCCC1CCC(C2COC(c3ccc(C#N)cc3)OC2)CC1. The molecule has 136 valence electrons. The zero-order chi connectivity index (χ0) is 17.5. The Bertz CT molecular complexity index is 546. The molecule has 0 spiro atoms. The van der Waals surface area contributed by atoms with Gasteiger partial charge in [0.05, 0.1) is 24.8 Å². The fraction of sp³-hybridized carbons (Fsp3) is 0.682. The van der Waals surface area contributed by atoms with Crippen LogP contribution in [-0.2, 0) is 9.47 Å². The largest absolute Gasteiger partial charge is 0.348 e. The normalized spacial score (nSPS) is 29.9. The Balaban J connectivity index is 1.41. The molecular weight excluding hydrogens is 310 g/mol. The molecule has 0 aromatic heterocycles. The summed E-state index contributed by atoms with van der Waals surface area (Å²) in [7, 11) is 0. The van der Waals surface area contributed by atoms with Gasteiger partial charge in [0.1, 0.15) is 0 Å². The van der Waals surface area contributed by atoms with Crippen molar-refractivity contribution < 1.29 is 9.47 Å². The summed E-state index contributed by atoms with van der Waals surface area (Å²) in [6, 6.07) is 9.67. The van der Waals surface area contributed by atoms with Crippen LogP contribution >= 0.6 is 0 Å². The lowest BCUT2D eigenvalue weighted by molar-refractivity contribution is -0.214. The average Bonchev–Trinajstić information content (AvgIpc) is 2.69. The van der Waals surface area contributed by atoms with E-state index >= 15 is 0 Å². The van der Waals surface area contributed by atoms with E-state index in [2.05, 4.69) is 13.0 Å². The van der Waals surface area contributed by atoms with Crippen molar-refractivity contribution in [2.75, 3.05) is 13.2 Å². The summed E-state index contributed by atoms with van der Waals surface area (Å²) in [5.41, 5.74) is 1.69. The molecule has 1 aromatic rings. The van der Waals surface area contributed by atoms with Crippen molar-refractivity contribution in [3.05, 3.63) is 35.4 Å². The number of ether oxygens (including phenoxy) is 2. The number of benzene rings is 1. The van der Waals surface area contributed by atoms with E-state index in [1.54, 1.807) is 0 Å². The Hall–Kier alpha value is -1.37. The molecule has 1 saturated heterocycles. The number of hydrogen-bond acceptors (Lipinski definition) is 3. The summed E-state index contributed by atoms with van der Waals surface area (Å²) in [5.74, 6) is 2.27. The molecule has 0 radical (unpaired) electrons. The quantitative estimate of drug-likeness (QED) is 0.632. The first-order valence-electron chi connectivity index (χ1n) is 10.0. The first-order chi connectivity index (χ1) is 12.3. The van der Waals surface area contributed by atoms with Gasteiger partial charge in [0.25, 0.3) is 0 Å². The Morgan fingerprint density at radius 2 is 1.64 bits per heavy atom. The monoisotopic (exact) mass is 341 g/mol. The van der Waals surface area contributed by atoms with Crippen LogP contribution in [0.25, 0.3) is 0 Å². The maximum absolute atomic E-state index is 8.88. The van der Waals surface area contributed by atoms with Crippen molar-refractivity contribution in [3.63, 3.8) is 0 Å². The Morgan fingerprint density at radius 3 is 2.24 bits per heavy atom. The molecule has 3 rings (SSSR count). The molecule has 0 unspecified atom stereocenters. The second-order valence-corrected chi connectivity index (χ2v) is 7.77. The molecule has 2 fully saturated rings. The van der Waals surface area contributed by atoms with E-state index in [0.717, 1.165) is 30.6 Å². The molecule has 0 atom stereocenters. The standard InChI is InChI=1S/C22H31NO2/c1-2-3-4-5-17-6-10-19(11-7-17)21-15-24-22(25-16-21)20-12-8-18(14-23)9-13-20/h8-9,12-13,17,19,21-22H,2-7,10-11,15-16H2,1H3. The number of unbranched alkanes of at least 4 members (excludes halogenated alkanes) is 2. The van der Waals surface area contributed by atoms with Crippen LogP contribution in [-0.4, -0.2) is 13.2 Å². The van der Waals surface area contributed by atoms with Crippen molar-refractivity contribution in [3.8, 4) is 6.07 Å². The van der Waals surface area contributed by atoms with Gasteiger partial charge in [-0.2, -0.15) is 5.26 Å². The molecule has 1 saturated carbocycles. The number of hydrogen-bond donors (Lipinski definition) is 0. The molecule has 0 bridgehead atoms. The summed E-state index contributed by atoms with van der Waals surface area (Å²) < 4.78 is 12.0. The van der Waals surface area contributed by atoms with Gasteiger partial charge in [-0.05, 0) is 36.8 Å². The lowest BCUT2D eigenvalue weighted by Gasteiger charge is -2.38. The van der Waals surface area contributed by atoms with Gasteiger partial charge >= 0.3 is 0 Å². The Morgan fingerprint density at radius 1 is 0.960 bits per heavy atom.